The predicted molar refractivity (Wildman–Crippen MR) is 119 cm³/mol. The number of amides is 2. The van der Waals surface area contributed by atoms with Crippen LogP contribution in [0.5, 0.6) is 0 Å². The molecular formula is C27H21NO4. The number of benzene rings is 3. The lowest BCUT2D eigenvalue weighted by Gasteiger charge is -2.51. The van der Waals surface area contributed by atoms with Crippen LogP contribution in [0.15, 0.2) is 78.9 Å². The second kappa shape index (κ2) is 7.38. The van der Waals surface area contributed by atoms with Crippen LogP contribution in [0, 0.1) is 5.92 Å². The second-order valence-electron chi connectivity index (χ2n) is 8.64. The highest BCUT2D eigenvalue weighted by atomic mass is 16.2. The fraction of sp³-hybridized carbons (Fsp3) is 0.185. The molecule has 5 rings (SSSR count). The highest BCUT2D eigenvalue weighted by molar-refractivity contribution is 6.49. The normalized spacial score (nSPS) is 21.8. The van der Waals surface area contributed by atoms with Gasteiger partial charge >= 0.3 is 0 Å². The number of carbonyl (C=O) groups is 4. The summed E-state index contributed by atoms with van der Waals surface area (Å²) in [6, 6.07) is 22.1. The van der Waals surface area contributed by atoms with Gasteiger partial charge in [-0.25, -0.2) is 0 Å². The number of ketones is 2. The van der Waals surface area contributed by atoms with E-state index < -0.39 is 17.1 Å². The fourth-order valence-electron chi connectivity index (χ4n) is 5.00. The Bertz CT molecular complexity index is 1220. The Labute approximate surface area is 185 Å². The van der Waals surface area contributed by atoms with Crippen molar-refractivity contribution in [2.75, 3.05) is 0 Å². The maximum absolute atomic E-state index is 13.2. The summed E-state index contributed by atoms with van der Waals surface area (Å²) < 4.78 is 0. The van der Waals surface area contributed by atoms with Crippen molar-refractivity contribution in [1.82, 2.24) is 4.90 Å². The van der Waals surface area contributed by atoms with Gasteiger partial charge in [-0.1, -0.05) is 73.7 Å². The minimum atomic E-state index is -0.738. The van der Waals surface area contributed by atoms with Crippen LogP contribution in [0.4, 0.5) is 0 Å². The number of imide groups is 1. The molecule has 1 aliphatic heterocycles. The van der Waals surface area contributed by atoms with Gasteiger partial charge in [0.15, 0.2) is 0 Å². The maximum atomic E-state index is 13.2. The van der Waals surface area contributed by atoms with E-state index in [0.29, 0.717) is 35.4 Å². The molecule has 0 saturated heterocycles. The zero-order valence-corrected chi connectivity index (χ0v) is 17.6. The molecule has 1 saturated carbocycles. The Morgan fingerprint density at radius 2 is 1.19 bits per heavy atom. The van der Waals surface area contributed by atoms with Gasteiger partial charge in [0.1, 0.15) is 0 Å². The van der Waals surface area contributed by atoms with Crippen molar-refractivity contribution < 1.29 is 19.2 Å². The lowest BCUT2D eigenvalue weighted by molar-refractivity contribution is -0.00201. The number of carbonyl (C=O) groups excluding carboxylic acids is 4. The van der Waals surface area contributed by atoms with Crippen LogP contribution in [-0.2, 0) is 5.54 Å². The van der Waals surface area contributed by atoms with Gasteiger partial charge < -0.3 is 0 Å². The molecule has 2 amide bonds. The molecule has 2 aliphatic rings. The van der Waals surface area contributed by atoms with Crippen molar-refractivity contribution in [3.63, 3.8) is 0 Å². The molecule has 0 radical (unpaired) electrons. The van der Waals surface area contributed by atoms with Crippen molar-refractivity contribution in [3.8, 4) is 0 Å². The summed E-state index contributed by atoms with van der Waals surface area (Å²) in [5.41, 5.74) is 1.55. The van der Waals surface area contributed by atoms with Gasteiger partial charge in [0.05, 0.1) is 16.7 Å². The molecule has 0 N–H and O–H groups in total. The van der Waals surface area contributed by atoms with Crippen molar-refractivity contribution in [3.05, 3.63) is 107 Å². The highest BCUT2D eigenvalue weighted by Gasteiger charge is 2.55. The van der Waals surface area contributed by atoms with E-state index in [-0.39, 0.29) is 17.4 Å². The molecule has 158 valence electrons. The molecule has 3 aromatic carbocycles. The Morgan fingerprint density at radius 1 is 0.719 bits per heavy atom. The van der Waals surface area contributed by atoms with E-state index in [1.165, 1.54) is 4.90 Å². The largest absolute Gasteiger partial charge is 0.285 e. The van der Waals surface area contributed by atoms with Crippen molar-refractivity contribution >= 4 is 23.4 Å². The topological polar surface area (TPSA) is 71.5 Å². The first-order valence-electron chi connectivity index (χ1n) is 10.6. The van der Waals surface area contributed by atoms with E-state index in [1.807, 2.05) is 0 Å². The van der Waals surface area contributed by atoms with Crippen molar-refractivity contribution in [1.29, 1.82) is 0 Å². The first-order valence-corrected chi connectivity index (χ1v) is 10.6. The minimum Gasteiger partial charge on any atom is -0.285 e. The second-order valence-corrected chi connectivity index (χ2v) is 8.64. The fourth-order valence-corrected chi connectivity index (χ4v) is 5.00. The van der Waals surface area contributed by atoms with E-state index in [2.05, 4.69) is 6.92 Å². The maximum Gasteiger partial charge on any atom is 0.262 e. The van der Waals surface area contributed by atoms with Gasteiger partial charge in [-0.05, 0) is 36.5 Å². The summed E-state index contributed by atoms with van der Waals surface area (Å²) >= 11 is 0. The molecule has 0 bridgehead atoms. The number of Topliss-reactive ketones (excluding diaryl/α,β-unsaturated/α-hetero) is 2. The number of rotatable bonds is 5. The Balaban J connectivity index is 1.47. The summed E-state index contributed by atoms with van der Waals surface area (Å²) in [5.74, 6) is -1.35. The molecule has 5 nitrogen and oxygen atoms in total. The number of fused-ring (bicyclic) bond motifs is 1. The molecular weight excluding hydrogens is 402 g/mol. The Morgan fingerprint density at radius 3 is 1.69 bits per heavy atom. The quantitative estimate of drug-likeness (QED) is 0.340. The summed E-state index contributed by atoms with van der Waals surface area (Å²) in [5, 5.41) is 0. The van der Waals surface area contributed by atoms with Gasteiger partial charge in [0, 0.05) is 11.1 Å². The van der Waals surface area contributed by atoms with E-state index in [4.69, 9.17) is 0 Å². The molecule has 0 spiro atoms. The monoisotopic (exact) mass is 423 g/mol. The molecule has 3 aromatic rings. The lowest BCUT2D eigenvalue weighted by Crippen LogP contribution is -2.56. The van der Waals surface area contributed by atoms with E-state index in [9.17, 15) is 19.2 Å². The molecule has 1 heterocycles. The first kappa shape index (κ1) is 20.1. The average molecular weight is 423 g/mol. The third-order valence-corrected chi connectivity index (χ3v) is 6.52. The standard InChI is InChI=1S/C27H21NO4/c1-17-15-27(16-17,28-25(31)21-9-5-6-10-22(21)26(28)32)20-13-11-19(12-14-20)24(30)23(29)18-7-3-2-4-8-18/h2-14,17H,15-16H2,1H3. The SMILES string of the molecule is CC1CC(c2ccc(C(=O)C(=O)c3ccccc3)cc2)(N2C(=O)c3ccccc3C2=O)C1. The van der Waals surface area contributed by atoms with Gasteiger partial charge in [-0.2, -0.15) is 0 Å². The molecule has 32 heavy (non-hydrogen) atoms. The molecule has 0 atom stereocenters. The van der Waals surface area contributed by atoms with Crippen molar-refractivity contribution in [2.24, 2.45) is 5.92 Å². The smallest absolute Gasteiger partial charge is 0.262 e. The van der Waals surface area contributed by atoms with Gasteiger partial charge in [-0.15, -0.1) is 0 Å². The lowest BCUT2D eigenvalue weighted by atomic mass is 9.64. The molecule has 1 fully saturated rings. The zero-order valence-electron chi connectivity index (χ0n) is 17.6. The van der Waals surface area contributed by atoms with Crippen molar-refractivity contribution in [2.45, 2.75) is 25.3 Å². The predicted octanol–water partition coefficient (Wildman–Crippen LogP) is 4.67. The van der Waals surface area contributed by atoms with Crippen LogP contribution in [0.3, 0.4) is 0 Å². The summed E-state index contributed by atoms with van der Waals surface area (Å²) in [4.78, 5) is 52.9. The van der Waals surface area contributed by atoms with E-state index in [0.717, 1.165) is 5.56 Å². The third-order valence-electron chi connectivity index (χ3n) is 6.52. The van der Waals surface area contributed by atoms with E-state index in [1.54, 1.807) is 78.9 Å². The number of hydrogen-bond acceptors (Lipinski definition) is 4. The van der Waals surface area contributed by atoms with Crippen LogP contribution >= 0.6 is 0 Å². The van der Waals surface area contributed by atoms with Crippen LogP contribution in [0.2, 0.25) is 0 Å². The van der Waals surface area contributed by atoms with Crippen LogP contribution in [-0.4, -0.2) is 28.3 Å². The summed E-state index contributed by atoms with van der Waals surface area (Å²) in [7, 11) is 0. The Hall–Kier alpha value is -3.86. The van der Waals surface area contributed by atoms with Gasteiger partial charge in [-0.3, -0.25) is 24.1 Å². The molecule has 5 heteroatoms. The molecule has 1 aliphatic carbocycles. The van der Waals surface area contributed by atoms with Gasteiger partial charge in [0.25, 0.3) is 11.8 Å². The minimum absolute atomic E-state index is 0.281. The van der Waals surface area contributed by atoms with Crippen LogP contribution in [0.25, 0.3) is 0 Å². The van der Waals surface area contributed by atoms with E-state index >= 15 is 0 Å². The summed E-state index contributed by atoms with van der Waals surface area (Å²) in [6.07, 6.45) is 1.32. The highest BCUT2D eigenvalue weighted by Crippen LogP contribution is 2.52. The zero-order chi connectivity index (χ0) is 22.5. The summed E-state index contributed by atoms with van der Waals surface area (Å²) in [6.45, 7) is 2.09. The first-order chi connectivity index (χ1) is 15.4. The average Bonchev–Trinajstić information content (AvgIpc) is 3.07. The Kier molecular flexibility index (Phi) is 4.63. The van der Waals surface area contributed by atoms with Crippen LogP contribution < -0.4 is 0 Å². The number of hydrogen-bond donors (Lipinski definition) is 0. The molecule has 0 unspecified atom stereocenters. The number of nitrogens with zero attached hydrogens (tertiary/aromatic N) is 1. The molecule has 0 aromatic heterocycles. The van der Waals surface area contributed by atoms with Gasteiger partial charge in [0.2, 0.25) is 11.6 Å². The van der Waals surface area contributed by atoms with Crippen LogP contribution in [0.1, 0.15) is 66.8 Å². The third kappa shape index (κ3) is 2.93.